The number of benzene rings is 1. The van der Waals surface area contributed by atoms with Crippen LogP contribution in [0.3, 0.4) is 0 Å². The summed E-state index contributed by atoms with van der Waals surface area (Å²) in [6.45, 7) is 0.525. The molecule has 0 saturated carbocycles. The highest BCUT2D eigenvalue weighted by Crippen LogP contribution is 2.32. The Labute approximate surface area is 176 Å². The first kappa shape index (κ1) is 21.0. The van der Waals surface area contributed by atoms with E-state index in [0.717, 1.165) is 6.07 Å². The van der Waals surface area contributed by atoms with Crippen molar-refractivity contribution in [1.82, 2.24) is 14.8 Å². The van der Waals surface area contributed by atoms with Crippen molar-refractivity contribution in [3.05, 3.63) is 63.1 Å². The van der Waals surface area contributed by atoms with Crippen molar-refractivity contribution in [3.8, 4) is 5.75 Å². The molecule has 10 heteroatoms. The standard InChI is InChI=1S/C21H21F2N3O5/c1-31-14-4-5-25-9-13(7-14)26-10-15(18(27)19(28)17(26)21(25)30)20(29)24-8-11-2-3-12(22)6-16(11)23/h2-3,6,10,13-14,28H,4-5,7-9H2,1H3,(H,24,29). The van der Waals surface area contributed by atoms with Crippen LogP contribution in [-0.4, -0.2) is 52.7 Å². The Balaban J connectivity index is 1.66. The largest absolute Gasteiger partial charge is 0.503 e. The minimum atomic E-state index is -0.986. The fraction of sp³-hybridized carbons (Fsp3) is 0.381. The van der Waals surface area contributed by atoms with E-state index in [1.165, 1.54) is 16.8 Å². The van der Waals surface area contributed by atoms with Gasteiger partial charge in [-0.2, -0.15) is 0 Å². The van der Waals surface area contributed by atoms with Crippen LogP contribution in [0.2, 0.25) is 0 Å². The van der Waals surface area contributed by atoms with Gasteiger partial charge in [0.2, 0.25) is 5.43 Å². The fourth-order valence-electron chi connectivity index (χ4n) is 4.11. The molecule has 2 unspecified atom stereocenters. The molecule has 1 aromatic carbocycles. The molecule has 8 nitrogen and oxygen atoms in total. The summed E-state index contributed by atoms with van der Waals surface area (Å²) in [6.07, 6.45) is 2.30. The monoisotopic (exact) mass is 433 g/mol. The average Bonchev–Trinajstić information content (AvgIpc) is 2.94. The third-order valence-electron chi connectivity index (χ3n) is 5.81. The number of rotatable bonds is 4. The summed E-state index contributed by atoms with van der Waals surface area (Å²) in [4.78, 5) is 39.6. The Morgan fingerprint density at radius 3 is 2.81 bits per heavy atom. The Morgan fingerprint density at radius 1 is 1.32 bits per heavy atom. The predicted octanol–water partition coefficient (Wildman–Crippen LogP) is 1.57. The van der Waals surface area contributed by atoms with Gasteiger partial charge in [-0.15, -0.1) is 0 Å². The first-order valence-electron chi connectivity index (χ1n) is 9.82. The maximum atomic E-state index is 13.8. The lowest BCUT2D eigenvalue weighted by Crippen LogP contribution is -2.44. The van der Waals surface area contributed by atoms with Crippen LogP contribution in [0.4, 0.5) is 8.78 Å². The van der Waals surface area contributed by atoms with E-state index in [2.05, 4.69) is 5.32 Å². The van der Waals surface area contributed by atoms with E-state index < -0.39 is 34.6 Å². The molecular formula is C21H21F2N3O5. The van der Waals surface area contributed by atoms with Crippen LogP contribution in [0.25, 0.3) is 0 Å². The van der Waals surface area contributed by atoms with E-state index >= 15 is 0 Å². The number of carbonyl (C=O) groups excluding carboxylic acids is 2. The number of nitrogens with zero attached hydrogens (tertiary/aromatic N) is 2. The quantitative estimate of drug-likeness (QED) is 0.763. The topological polar surface area (TPSA) is 101 Å². The third-order valence-corrected chi connectivity index (χ3v) is 5.81. The van der Waals surface area contributed by atoms with Crippen molar-refractivity contribution in [1.29, 1.82) is 0 Å². The molecule has 2 aromatic rings. The molecule has 4 rings (SSSR count). The lowest BCUT2D eigenvalue weighted by atomic mass is 10.0. The zero-order valence-electron chi connectivity index (χ0n) is 16.7. The van der Waals surface area contributed by atoms with Crippen LogP contribution in [0.5, 0.6) is 5.75 Å². The molecule has 2 atom stereocenters. The summed E-state index contributed by atoms with van der Waals surface area (Å²) >= 11 is 0. The number of hydrogen-bond acceptors (Lipinski definition) is 5. The van der Waals surface area contributed by atoms with Gasteiger partial charge in [-0.1, -0.05) is 6.07 Å². The van der Waals surface area contributed by atoms with Crippen molar-refractivity contribution < 1.29 is 28.2 Å². The molecule has 1 aromatic heterocycles. The second-order valence-electron chi connectivity index (χ2n) is 7.68. The number of carbonyl (C=O) groups is 2. The SMILES string of the molecule is COC1CCN2CC(C1)n1cc(C(=O)NCc3ccc(F)cc3F)c(=O)c(O)c1C2=O. The molecule has 2 aliphatic heterocycles. The minimum Gasteiger partial charge on any atom is -0.503 e. The molecule has 0 spiro atoms. The van der Waals surface area contributed by atoms with Crippen LogP contribution >= 0.6 is 0 Å². The number of amides is 2. The Hall–Kier alpha value is -3.27. The van der Waals surface area contributed by atoms with Crippen molar-refractivity contribution in [2.75, 3.05) is 20.2 Å². The molecule has 2 bridgehead atoms. The molecule has 0 aliphatic carbocycles. The average molecular weight is 433 g/mol. The molecule has 3 heterocycles. The van der Waals surface area contributed by atoms with Crippen LogP contribution in [0.15, 0.2) is 29.2 Å². The zero-order chi connectivity index (χ0) is 22.3. The highest BCUT2D eigenvalue weighted by molar-refractivity contribution is 5.99. The maximum Gasteiger partial charge on any atom is 0.274 e. The van der Waals surface area contributed by atoms with Gasteiger partial charge in [0.25, 0.3) is 11.8 Å². The van der Waals surface area contributed by atoms with E-state index in [4.69, 9.17) is 4.74 Å². The van der Waals surface area contributed by atoms with Gasteiger partial charge in [0, 0.05) is 44.6 Å². The number of hydrogen-bond donors (Lipinski definition) is 2. The van der Waals surface area contributed by atoms with Gasteiger partial charge >= 0.3 is 0 Å². The van der Waals surface area contributed by atoms with Crippen molar-refractivity contribution in [2.45, 2.75) is 31.5 Å². The highest BCUT2D eigenvalue weighted by Gasteiger charge is 2.38. The Bertz CT molecular complexity index is 1120. The van der Waals surface area contributed by atoms with Crippen LogP contribution < -0.4 is 10.7 Å². The molecular weight excluding hydrogens is 412 g/mol. The summed E-state index contributed by atoms with van der Waals surface area (Å²) < 4.78 is 33.8. The van der Waals surface area contributed by atoms with Crippen LogP contribution in [-0.2, 0) is 11.3 Å². The summed E-state index contributed by atoms with van der Waals surface area (Å²) in [5.74, 6) is -3.70. The molecule has 2 N–H and O–H groups in total. The second-order valence-corrected chi connectivity index (χ2v) is 7.68. The first-order valence-corrected chi connectivity index (χ1v) is 9.82. The van der Waals surface area contributed by atoms with Crippen molar-refractivity contribution in [3.63, 3.8) is 0 Å². The smallest absolute Gasteiger partial charge is 0.274 e. The number of methoxy groups -OCH3 is 1. The summed E-state index contributed by atoms with van der Waals surface area (Å²) in [5.41, 5.74) is -1.48. The van der Waals surface area contributed by atoms with Crippen molar-refractivity contribution in [2.24, 2.45) is 0 Å². The molecule has 0 radical (unpaired) electrons. The number of pyridine rings is 1. The number of nitrogens with one attached hydrogen (secondary N) is 1. The van der Waals surface area contributed by atoms with Gasteiger partial charge in [0.15, 0.2) is 11.4 Å². The normalized spacial score (nSPS) is 20.2. The lowest BCUT2D eigenvalue weighted by molar-refractivity contribution is 0.0677. The van der Waals surface area contributed by atoms with Crippen molar-refractivity contribution >= 4 is 11.8 Å². The molecule has 164 valence electrons. The van der Waals surface area contributed by atoms with E-state index in [-0.39, 0.29) is 35.5 Å². The van der Waals surface area contributed by atoms with Crippen LogP contribution in [0, 0.1) is 11.6 Å². The molecule has 31 heavy (non-hydrogen) atoms. The minimum absolute atomic E-state index is 0.0366. The Kier molecular flexibility index (Phi) is 5.48. The van der Waals surface area contributed by atoms with Gasteiger partial charge in [-0.25, -0.2) is 8.78 Å². The highest BCUT2D eigenvalue weighted by atomic mass is 19.1. The van der Waals surface area contributed by atoms with Gasteiger partial charge in [-0.05, 0) is 18.9 Å². The summed E-state index contributed by atoms with van der Waals surface area (Å²) in [6, 6.07) is 2.65. The number of ether oxygens (including phenoxy) is 1. The van der Waals surface area contributed by atoms with Gasteiger partial charge < -0.3 is 24.6 Å². The fourth-order valence-corrected chi connectivity index (χ4v) is 4.11. The molecule has 2 aliphatic rings. The second kappa shape index (κ2) is 8.10. The third kappa shape index (κ3) is 3.78. The van der Waals surface area contributed by atoms with Gasteiger partial charge in [-0.3, -0.25) is 14.4 Å². The van der Waals surface area contributed by atoms with Crippen LogP contribution in [0.1, 0.15) is 45.3 Å². The van der Waals surface area contributed by atoms with Gasteiger partial charge in [0.1, 0.15) is 17.2 Å². The first-order chi connectivity index (χ1) is 14.8. The van der Waals surface area contributed by atoms with Gasteiger partial charge in [0.05, 0.1) is 12.1 Å². The van der Waals surface area contributed by atoms with E-state index in [1.54, 1.807) is 12.0 Å². The number of aromatic hydroxyl groups is 1. The molecule has 1 saturated heterocycles. The van der Waals surface area contributed by atoms with E-state index in [0.29, 0.717) is 32.0 Å². The molecule has 2 amide bonds. The zero-order valence-corrected chi connectivity index (χ0v) is 16.7. The number of fused-ring (bicyclic) bond motifs is 4. The number of aromatic nitrogens is 1. The molecule has 1 fully saturated rings. The van der Waals surface area contributed by atoms with E-state index in [1.807, 2.05) is 0 Å². The maximum absolute atomic E-state index is 13.8. The lowest BCUT2D eigenvalue weighted by Gasteiger charge is -2.34. The summed E-state index contributed by atoms with van der Waals surface area (Å²) in [7, 11) is 1.58. The van der Waals surface area contributed by atoms with E-state index in [9.17, 15) is 28.3 Å². The summed E-state index contributed by atoms with van der Waals surface area (Å²) in [5, 5.41) is 12.9. The Morgan fingerprint density at radius 2 is 2.10 bits per heavy atom. The predicted molar refractivity (Wildman–Crippen MR) is 105 cm³/mol. The number of halogens is 2.